The Hall–Kier alpha value is -1.36. The normalized spacial score (nSPS) is 12.2. The van der Waals surface area contributed by atoms with Crippen molar-refractivity contribution in [2.45, 2.75) is 20.0 Å². The molecule has 2 rings (SSSR count). The molecule has 1 N–H and O–H groups in total. The van der Waals surface area contributed by atoms with Crippen molar-refractivity contribution in [3.05, 3.63) is 45.8 Å². The summed E-state index contributed by atoms with van der Waals surface area (Å²) in [6.07, 6.45) is -1.03. The van der Waals surface area contributed by atoms with Crippen LogP contribution in [-0.2, 0) is 0 Å². The van der Waals surface area contributed by atoms with Crippen LogP contribution in [0.3, 0.4) is 0 Å². The monoisotopic (exact) mass is 330 g/mol. The van der Waals surface area contributed by atoms with Crippen LogP contribution < -0.4 is 9.47 Å². The van der Waals surface area contributed by atoms with Crippen LogP contribution in [0.5, 0.6) is 11.5 Å². The number of hydrogen-bond acceptors (Lipinski definition) is 4. The van der Waals surface area contributed by atoms with E-state index in [9.17, 15) is 5.11 Å². The third-order valence-electron chi connectivity index (χ3n) is 2.82. The van der Waals surface area contributed by atoms with Gasteiger partial charge in [0.15, 0.2) is 16.7 Å². The van der Waals surface area contributed by atoms with Gasteiger partial charge < -0.3 is 19.0 Å². The van der Waals surface area contributed by atoms with Gasteiger partial charge in [0.25, 0.3) is 0 Å². The first kappa shape index (κ1) is 16.0. The van der Waals surface area contributed by atoms with Crippen molar-refractivity contribution >= 4 is 23.2 Å². The molecular formula is C15H16Cl2O4. The van der Waals surface area contributed by atoms with Gasteiger partial charge in [0, 0.05) is 11.6 Å². The van der Waals surface area contributed by atoms with Gasteiger partial charge in [-0.15, -0.1) is 0 Å². The van der Waals surface area contributed by atoms with Crippen molar-refractivity contribution < 1.29 is 19.0 Å². The molecule has 0 saturated heterocycles. The average Bonchev–Trinajstić information content (AvgIpc) is 2.88. The second kappa shape index (κ2) is 7.07. The van der Waals surface area contributed by atoms with Gasteiger partial charge in [-0.05, 0) is 43.6 Å². The van der Waals surface area contributed by atoms with Crippen molar-refractivity contribution in [2.75, 3.05) is 13.2 Å². The molecule has 4 nitrogen and oxygen atoms in total. The molecule has 114 valence electrons. The van der Waals surface area contributed by atoms with E-state index in [0.717, 1.165) is 0 Å². The van der Waals surface area contributed by atoms with Crippen molar-refractivity contribution in [3.8, 4) is 11.5 Å². The lowest BCUT2D eigenvalue weighted by Gasteiger charge is -2.16. The van der Waals surface area contributed by atoms with Crippen molar-refractivity contribution in [1.82, 2.24) is 0 Å². The van der Waals surface area contributed by atoms with Crippen LogP contribution in [0.2, 0.25) is 10.2 Å². The summed E-state index contributed by atoms with van der Waals surface area (Å²) in [7, 11) is 0. The van der Waals surface area contributed by atoms with Gasteiger partial charge in [-0.25, -0.2) is 0 Å². The fraction of sp³-hybridized carbons (Fsp3) is 0.333. The summed E-state index contributed by atoms with van der Waals surface area (Å²) in [4.78, 5) is 0. The summed E-state index contributed by atoms with van der Waals surface area (Å²) >= 11 is 11.9. The minimum atomic E-state index is -1.03. The SMILES string of the molecule is CCOc1cc(Cl)c(C(O)c2ccc(Cl)o2)cc1OCC. The molecule has 0 spiro atoms. The molecule has 1 heterocycles. The van der Waals surface area contributed by atoms with E-state index in [1.807, 2.05) is 13.8 Å². The molecule has 0 aliphatic rings. The third-order valence-corrected chi connectivity index (χ3v) is 3.35. The molecule has 1 atom stereocenters. The molecule has 1 unspecified atom stereocenters. The Labute approximate surface area is 133 Å². The Bertz CT molecular complexity index is 610. The fourth-order valence-electron chi connectivity index (χ4n) is 1.93. The zero-order valence-electron chi connectivity index (χ0n) is 11.7. The highest BCUT2D eigenvalue weighted by Crippen LogP contribution is 2.38. The van der Waals surface area contributed by atoms with Crippen molar-refractivity contribution in [2.24, 2.45) is 0 Å². The minimum Gasteiger partial charge on any atom is -0.490 e. The van der Waals surface area contributed by atoms with Gasteiger partial charge in [-0.2, -0.15) is 0 Å². The number of aliphatic hydroxyl groups is 1. The number of aliphatic hydroxyl groups excluding tert-OH is 1. The molecule has 0 radical (unpaired) electrons. The van der Waals surface area contributed by atoms with Crippen LogP contribution >= 0.6 is 23.2 Å². The summed E-state index contributed by atoms with van der Waals surface area (Å²) in [5.74, 6) is 1.38. The second-order valence-electron chi connectivity index (χ2n) is 4.23. The van der Waals surface area contributed by atoms with Crippen LogP contribution in [0.4, 0.5) is 0 Å². The van der Waals surface area contributed by atoms with E-state index in [1.165, 1.54) is 0 Å². The molecule has 1 aromatic carbocycles. The van der Waals surface area contributed by atoms with Crippen molar-refractivity contribution in [1.29, 1.82) is 0 Å². The lowest BCUT2D eigenvalue weighted by Crippen LogP contribution is -2.03. The number of rotatable bonds is 6. The molecule has 6 heteroatoms. The van der Waals surface area contributed by atoms with Crippen LogP contribution in [0.15, 0.2) is 28.7 Å². The van der Waals surface area contributed by atoms with E-state index < -0.39 is 6.10 Å². The van der Waals surface area contributed by atoms with Crippen LogP contribution in [0.1, 0.15) is 31.3 Å². The van der Waals surface area contributed by atoms with Gasteiger partial charge in [0.05, 0.1) is 18.2 Å². The Balaban J connectivity index is 2.40. The molecule has 0 saturated carbocycles. The number of hydrogen-bond donors (Lipinski definition) is 1. The predicted molar refractivity (Wildman–Crippen MR) is 81.6 cm³/mol. The minimum absolute atomic E-state index is 0.205. The Morgan fingerprint density at radius 1 is 1.10 bits per heavy atom. The summed E-state index contributed by atoms with van der Waals surface area (Å²) in [6, 6.07) is 6.43. The predicted octanol–water partition coefficient (Wildman–Crippen LogP) is 4.47. The van der Waals surface area contributed by atoms with Gasteiger partial charge >= 0.3 is 0 Å². The zero-order chi connectivity index (χ0) is 15.4. The summed E-state index contributed by atoms with van der Waals surface area (Å²) < 4.78 is 16.2. The molecule has 2 aromatic rings. The Morgan fingerprint density at radius 2 is 1.71 bits per heavy atom. The second-order valence-corrected chi connectivity index (χ2v) is 5.01. The van der Waals surface area contributed by atoms with Crippen LogP contribution in [0.25, 0.3) is 0 Å². The molecule has 0 aliphatic heterocycles. The number of ether oxygens (including phenoxy) is 2. The quantitative estimate of drug-likeness (QED) is 0.849. The maximum absolute atomic E-state index is 10.4. The number of halogens is 2. The highest BCUT2D eigenvalue weighted by Gasteiger charge is 2.21. The Morgan fingerprint density at radius 3 is 2.24 bits per heavy atom. The summed E-state index contributed by atoms with van der Waals surface area (Å²) in [6.45, 7) is 4.71. The van der Waals surface area contributed by atoms with E-state index >= 15 is 0 Å². The number of furan rings is 1. The van der Waals surface area contributed by atoms with Gasteiger partial charge in [0.1, 0.15) is 11.9 Å². The molecule has 0 fully saturated rings. The average molecular weight is 331 g/mol. The van der Waals surface area contributed by atoms with Gasteiger partial charge in [-0.1, -0.05) is 11.6 Å². The maximum Gasteiger partial charge on any atom is 0.193 e. The molecule has 21 heavy (non-hydrogen) atoms. The standard InChI is InChI=1S/C15H16Cl2O4/c1-3-19-12-7-9(10(16)8-13(12)20-4-2)15(18)11-5-6-14(17)21-11/h5-8,15,18H,3-4H2,1-2H3. The van der Waals surface area contributed by atoms with Gasteiger partial charge in [-0.3, -0.25) is 0 Å². The van der Waals surface area contributed by atoms with Crippen LogP contribution in [-0.4, -0.2) is 18.3 Å². The van der Waals surface area contributed by atoms with E-state index in [2.05, 4.69) is 0 Å². The molecule has 1 aromatic heterocycles. The maximum atomic E-state index is 10.4. The fourth-order valence-corrected chi connectivity index (χ4v) is 2.33. The van der Waals surface area contributed by atoms with E-state index in [1.54, 1.807) is 24.3 Å². The zero-order valence-corrected chi connectivity index (χ0v) is 13.2. The highest BCUT2D eigenvalue weighted by molar-refractivity contribution is 6.31. The molecule has 0 aliphatic carbocycles. The third kappa shape index (κ3) is 3.64. The first-order valence-electron chi connectivity index (χ1n) is 6.59. The first-order valence-corrected chi connectivity index (χ1v) is 7.34. The molecule has 0 bridgehead atoms. The Kier molecular flexibility index (Phi) is 5.39. The molecule has 0 amide bonds. The largest absolute Gasteiger partial charge is 0.490 e. The van der Waals surface area contributed by atoms with E-state index in [0.29, 0.717) is 41.1 Å². The first-order chi connectivity index (χ1) is 10.1. The smallest absolute Gasteiger partial charge is 0.193 e. The van der Waals surface area contributed by atoms with E-state index in [-0.39, 0.29) is 5.22 Å². The topological polar surface area (TPSA) is 51.8 Å². The summed E-state index contributed by atoms with van der Waals surface area (Å²) in [5.41, 5.74) is 0.467. The highest BCUT2D eigenvalue weighted by atomic mass is 35.5. The van der Waals surface area contributed by atoms with Crippen LogP contribution in [0, 0.1) is 0 Å². The lowest BCUT2D eigenvalue weighted by molar-refractivity contribution is 0.188. The van der Waals surface area contributed by atoms with Gasteiger partial charge in [0.2, 0.25) is 0 Å². The van der Waals surface area contributed by atoms with E-state index in [4.69, 9.17) is 37.1 Å². The summed E-state index contributed by atoms with van der Waals surface area (Å²) in [5, 5.41) is 10.9. The molecular weight excluding hydrogens is 315 g/mol. The van der Waals surface area contributed by atoms with Crippen molar-refractivity contribution in [3.63, 3.8) is 0 Å². The lowest BCUT2D eigenvalue weighted by atomic mass is 10.1. The number of benzene rings is 1.